The average Bonchev–Trinajstić information content (AvgIpc) is 3.25. The Morgan fingerprint density at radius 1 is 1.00 bits per heavy atom. The van der Waals surface area contributed by atoms with E-state index in [9.17, 15) is 4.79 Å². The van der Waals surface area contributed by atoms with Crippen LogP contribution in [-0.4, -0.2) is 26.3 Å². The molecule has 0 amide bonds. The number of ketones is 1. The topological polar surface area (TPSA) is 73.8 Å². The van der Waals surface area contributed by atoms with Crippen molar-refractivity contribution in [3.8, 4) is 0 Å². The molecule has 1 unspecified atom stereocenters. The summed E-state index contributed by atoms with van der Waals surface area (Å²) >= 11 is 0. The number of Topliss-reactive ketones (excluding diaryl/α,β-unsaturated/α-hetero) is 1. The maximum atomic E-state index is 13.2. The van der Waals surface area contributed by atoms with Crippen LogP contribution in [0, 0.1) is 40.9 Å². The number of carbonyl (C=O) groups excluding carboxylic acids is 1. The SMILES string of the molecule is C[C@@]1(N)CC[C@@H]2C3CC[C@]4(C)[C@@H](C(=O)Cn5nccn5)CC[C@H]4[C@H]3CCC[C@@H]2C1. The number of rotatable bonds is 3. The average molecular weight is 399 g/mol. The second-order valence-corrected chi connectivity index (χ2v) is 11.4. The molecule has 29 heavy (non-hydrogen) atoms. The number of nitrogens with zero attached hydrogens (tertiary/aromatic N) is 3. The van der Waals surface area contributed by atoms with Crippen LogP contribution in [0.3, 0.4) is 0 Å². The van der Waals surface area contributed by atoms with E-state index < -0.39 is 0 Å². The fourth-order valence-corrected chi connectivity index (χ4v) is 8.45. The zero-order valence-electron chi connectivity index (χ0n) is 18.2. The molecule has 1 aromatic heterocycles. The van der Waals surface area contributed by atoms with Crippen molar-refractivity contribution in [1.29, 1.82) is 0 Å². The number of hydrogen-bond donors (Lipinski definition) is 1. The van der Waals surface area contributed by atoms with Crippen LogP contribution in [0.2, 0.25) is 0 Å². The van der Waals surface area contributed by atoms with Gasteiger partial charge in [-0.1, -0.05) is 19.8 Å². The first-order chi connectivity index (χ1) is 13.9. The number of aromatic nitrogens is 3. The first-order valence-electron chi connectivity index (χ1n) is 12.0. The lowest BCUT2D eigenvalue weighted by atomic mass is 9.53. The normalized spacial score (nSPS) is 47.0. The van der Waals surface area contributed by atoms with E-state index in [4.69, 9.17) is 5.73 Å². The molecule has 0 saturated heterocycles. The van der Waals surface area contributed by atoms with Crippen LogP contribution in [0.15, 0.2) is 12.4 Å². The summed E-state index contributed by atoms with van der Waals surface area (Å²) in [5.41, 5.74) is 6.80. The highest BCUT2D eigenvalue weighted by atomic mass is 16.1. The minimum absolute atomic E-state index is 0.0512. The molecule has 0 radical (unpaired) electrons. The molecule has 5 rings (SSSR count). The Bertz CT molecular complexity index is 744. The van der Waals surface area contributed by atoms with Crippen molar-refractivity contribution >= 4 is 5.78 Å². The lowest BCUT2D eigenvalue weighted by Crippen LogP contribution is -2.49. The molecule has 0 spiro atoms. The number of fused-ring (bicyclic) bond motifs is 5. The van der Waals surface area contributed by atoms with Crippen LogP contribution in [0.4, 0.5) is 0 Å². The Labute approximate surface area is 175 Å². The Morgan fingerprint density at radius 3 is 2.55 bits per heavy atom. The summed E-state index contributed by atoms with van der Waals surface area (Å²) in [6.45, 7) is 5.05. The number of hydrogen-bond acceptors (Lipinski definition) is 4. The second-order valence-electron chi connectivity index (χ2n) is 11.4. The molecule has 2 N–H and O–H groups in total. The molecule has 4 aliphatic carbocycles. The second kappa shape index (κ2) is 7.18. The predicted octanol–water partition coefficient (Wildman–Crippen LogP) is 4.22. The molecule has 0 aliphatic heterocycles. The minimum atomic E-state index is 0.0512. The monoisotopic (exact) mass is 398 g/mol. The summed E-state index contributed by atoms with van der Waals surface area (Å²) in [5.74, 6) is 4.69. The molecule has 5 heteroatoms. The van der Waals surface area contributed by atoms with Gasteiger partial charge in [-0.2, -0.15) is 15.0 Å². The first-order valence-corrected chi connectivity index (χ1v) is 12.0. The molecule has 0 aromatic carbocycles. The Balaban J connectivity index is 1.34. The molecular formula is C24H38N4O. The molecular weight excluding hydrogens is 360 g/mol. The van der Waals surface area contributed by atoms with Crippen molar-refractivity contribution in [2.75, 3.05) is 0 Å². The summed E-state index contributed by atoms with van der Waals surface area (Å²) in [4.78, 5) is 14.7. The van der Waals surface area contributed by atoms with Gasteiger partial charge in [-0.3, -0.25) is 4.79 Å². The van der Waals surface area contributed by atoms with Gasteiger partial charge in [0.1, 0.15) is 6.54 Å². The van der Waals surface area contributed by atoms with Gasteiger partial charge in [-0.15, -0.1) is 0 Å². The maximum Gasteiger partial charge on any atom is 0.159 e. The maximum absolute atomic E-state index is 13.2. The summed E-state index contributed by atoms with van der Waals surface area (Å²) in [7, 11) is 0. The highest BCUT2D eigenvalue weighted by Gasteiger charge is 2.57. The molecule has 8 atom stereocenters. The van der Waals surface area contributed by atoms with E-state index in [2.05, 4.69) is 24.0 Å². The third-order valence-electron chi connectivity index (χ3n) is 9.69. The van der Waals surface area contributed by atoms with Gasteiger partial charge in [0.05, 0.1) is 12.4 Å². The van der Waals surface area contributed by atoms with E-state index in [-0.39, 0.29) is 16.9 Å². The third kappa shape index (κ3) is 3.37. The largest absolute Gasteiger partial charge is 0.325 e. The molecule has 0 bridgehead atoms. The fourth-order valence-electron chi connectivity index (χ4n) is 8.45. The molecule has 4 fully saturated rings. The summed E-state index contributed by atoms with van der Waals surface area (Å²) in [6, 6.07) is 0. The van der Waals surface area contributed by atoms with Crippen molar-refractivity contribution in [3.63, 3.8) is 0 Å². The quantitative estimate of drug-likeness (QED) is 0.827. The zero-order chi connectivity index (χ0) is 20.2. The van der Waals surface area contributed by atoms with E-state index in [0.29, 0.717) is 12.3 Å². The lowest BCUT2D eigenvalue weighted by Gasteiger charge is -2.52. The Morgan fingerprint density at radius 2 is 1.76 bits per heavy atom. The van der Waals surface area contributed by atoms with Gasteiger partial charge in [-0.25, -0.2) is 0 Å². The fraction of sp³-hybridized carbons (Fsp3) is 0.875. The minimum Gasteiger partial charge on any atom is -0.325 e. The molecule has 160 valence electrons. The van der Waals surface area contributed by atoms with Crippen molar-refractivity contribution in [1.82, 2.24) is 15.0 Å². The molecule has 4 saturated carbocycles. The van der Waals surface area contributed by atoms with Crippen LogP contribution in [0.5, 0.6) is 0 Å². The van der Waals surface area contributed by atoms with E-state index >= 15 is 0 Å². The van der Waals surface area contributed by atoms with Gasteiger partial charge in [0.2, 0.25) is 0 Å². The summed E-state index contributed by atoms with van der Waals surface area (Å²) in [6.07, 6.45) is 16.0. The van der Waals surface area contributed by atoms with E-state index in [1.807, 2.05) is 0 Å². The highest BCUT2D eigenvalue weighted by molar-refractivity contribution is 5.81. The van der Waals surface area contributed by atoms with Gasteiger partial charge in [0.25, 0.3) is 0 Å². The van der Waals surface area contributed by atoms with E-state index in [0.717, 1.165) is 36.0 Å². The van der Waals surface area contributed by atoms with Crippen LogP contribution in [-0.2, 0) is 11.3 Å². The van der Waals surface area contributed by atoms with Crippen LogP contribution < -0.4 is 5.73 Å². The molecule has 1 heterocycles. The van der Waals surface area contributed by atoms with Gasteiger partial charge in [0.15, 0.2) is 5.78 Å². The molecule has 1 aromatic rings. The lowest BCUT2D eigenvalue weighted by molar-refractivity contribution is -0.130. The first kappa shape index (κ1) is 19.7. The van der Waals surface area contributed by atoms with Gasteiger partial charge in [0, 0.05) is 11.5 Å². The van der Waals surface area contributed by atoms with Crippen LogP contribution >= 0.6 is 0 Å². The van der Waals surface area contributed by atoms with Crippen molar-refractivity contribution in [2.24, 2.45) is 46.7 Å². The van der Waals surface area contributed by atoms with E-state index in [1.54, 1.807) is 17.2 Å². The van der Waals surface area contributed by atoms with E-state index in [1.165, 1.54) is 57.8 Å². The predicted molar refractivity (Wildman–Crippen MR) is 113 cm³/mol. The van der Waals surface area contributed by atoms with Gasteiger partial charge < -0.3 is 5.73 Å². The number of nitrogens with two attached hydrogens (primary N) is 1. The number of carbonyl (C=O) groups is 1. The van der Waals surface area contributed by atoms with Crippen molar-refractivity contribution in [3.05, 3.63) is 12.4 Å². The Hall–Kier alpha value is -1.23. The van der Waals surface area contributed by atoms with Crippen LogP contribution in [0.25, 0.3) is 0 Å². The van der Waals surface area contributed by atoms with Crippen LogP contribution in [0.1, 0.15) is 78.1 Å². The summed E-state index contributed by atoms with van der Waals surface area (Å²) in [5, 5.41) is 8.33. The third-order valence-corrected chi connectivity index (χ3v) is 9.69. The summed E-state index contributed by atoms with van der Waals surface area (Å²) < 4.78 is 0. The van der Waals surface area contributed by atoms with Gasteiger partial charge in [-0.05, 0) is 93.3 Å². The Kier molecular flexibility index (Phi) is 4.88. The van der Waals surface area contributed by atoms with Crippen molar-refractivity contribution in [2.45, 2.75) is 90.1 Å². The molecule has 4 aliphatic rings. The van der Waals surface area contributed by atoms with Crippen molar-refractivity contribution < 1.29 is 4.79 Å². The molecule has 5 nitrogen and oxygen atoms in total. The highest BCUT2D eigenvalue weighted by Crippen LogP contribution is 2.63. The zero-order valence-corrected chi connectivity index (χ0v) is 18.2. The standard InChI is InChI=1S/C24H38N4O/c1-23(25)10-8-17-16(14-23)4-3-5-19-18(17)9-11-24(2)20(19)6-7-21(24)22(29)15-28-26-12-13-27-28/h12-13,16-21H,3-11,14-15,25H2,1-2H3/t16-,17+,18?,19+,20+,21-,23-,24+/m1/s1. The smallest absolute Gasteiger partial charge is 0.159 e. The van der Waals surface area contributed by atoms with Gasteiger partial charge >= 0.3 is 0 Å².